The van der Waals surface area contributed by atoms with Crippen molar-refractivity contribution in [2.45, 2.75) is 91.8 Å². The summed E-state index contributed by atoms with van der Waals surface area (Å²) in [5.41, 5.74) is 0.620. The van der Waals surface area contributed by atoms with Crippen molar-refractivity contribution in [1.29, 1.82) is 10.5 Å². The molecule has 6 rings (SSSR count). The molecule has 3 aliphatic rings. The van der Waals surface area contributed by atoms with Crippen molar-refractivity contribution < 1.29 is 33.8 Å². The van der Waals surface area contributed by atoms with E-state index in [9.17, 15) is 29.5 Å². The lowest BCUT2D eigenvalue weighted by molar-refractivity contribution is -0.164. The number of likely N-dealkylation sites (tertiary alicyclic amines) is 1. The van der Waals surface area contributed by atoms with Gasteiger partial charge in [-0.3, -0.25) is 24.1 Å². The molecular weight excluding hydrogens is 850 g/mol. The minimum Gasteiger partial charge on any atom is -0.489 e. The monoisotopic (exact) mass is 909 g/mol. The molecule has 2 saturated heterocycles. The summed E-state index contributed by atoms with van der Waals surface area (Å²) in [6.45, 7) is 17.4. The number of carbonyl (C=O) groups excluding carboxylic acids is 4. The second kappa shape index (κ2) is 20.2. The molecule has 3 aromatic rings. The number of halogens is 1. The van der Waals surface area contributed by atoms with E-state index in [-0.39, 0.29) is 44.2 Å². The van der Waals surface area contributed by atoms with Gasteiger partial charge in [-0.1, -0.05) is 72.2 Å². The molecule has 3 fully saturated rings. The minimum absolute atomic E-state index is 0.0333. The van der Waals surface area contributed by atoms with Crippen LogP contribution in [0.1, 0.15) is 81.9 Å². The summed E-state index contributed by atoms with van der Waals surface area (Å²) in [5, 5.41) is 38.0. The zero-order chi connectivity index (χ0) is 47.3. The molecule has 0 radical (unpaired) electrons. The number of carbonyl (C=O) groups is 4. The van der Waals surface area contributed by atoms with Crippen molar-refractivity contribution in [3.05, 3.63) is 88.1 Å². The third-order valence-electron chi connectivity index (χ3n) is 12.8. The Morgan fingerprint density at radius 1 is 0.969 bits per heavy atom. The maximum absolute atomic E-state index is 13.9. The lowest BCUT2D eigenvalue weighted by Gasteiger charge is -2.63. The van der Waals surface area contributed by atoms with E-state index in [1.54, 1.807) is 54.7 Å². The number of hydrogen-bond acceptors (Lipinski definition) is 12. The minimum atomic E-state index is -0.972. The van der Waals surface area contributed by atoms with Gasteiger partial charge in [0.25, 0.3) is 5.91 Å². The van der Waals surface area contributed by atoms with Crippen LogP contribution in [0.5, 0.6) is 5.75 Å². The molecule has 0 bridgehead atoms. The number of nitriles is 2. The van der Waals surface area contributed by atoms with E-state index < -0.39 is 52.2 Å². The first kappa shape index (κ1) is 48.7. The quantitative estimate of drug-likeness (QED) is 0.159. The Hall–Kier alpha value is -5.78. The zero-order valence-electron chi connectivity index (χ0n) is 38.2. The number of hydrogen-bond donors (Lipinski definition) is 4. The molecule has 346 valence electrons. The topological polar surface area (TPSA) is 213 Å². The maximum Gasteiger partial charge on any atom is 0.253 e. The van der Waals surface area contributed by atoms with E-state index in [0.717, 1.165) is 24.5 Å². The Morgan fingerprint density at radius 3 is 2.26 bits per heavy atom. The molecule has 65 heavy (non-hydrogen) atoms. The molecule has 1 saturated carbocycles. The van der Waals surface area contributed by atoms with E-state index >= 15 is 0 Å². The summed E-state index contributed by atoms with van der Waals surface area (Å²) < 4.78 is 12.1. The maximum atomic E-state index is 13.9. The van der Waals surface area contributed by atoms with Crippen molar-refractivity contribution in [3.8, 4) is 17.9 Å². The Kier molecular flexibility index (Phi) is 15.1. The van der Waals surface area contributed by atoms with Gasteiger partial charge in [-0.2, -0.15) is 10.5 Å². The van der Waals surface area contributed by atoms with Gasteiger partial charge in [-0.25, -0.2) is 4.98 Å². The first-order chi connectivity index (χ1) is 30.7. The largest absolute Gasteiger partial charge is 0.489 e. The normalized spacial score (nSPS) is 21.8. The lowest BCUT2D eigenvalue weighted by atomic mass is 9.49. The average Bonchev–Trinajstić information content (AvgIpc) is 3.68. The van der Waals surface area contributed by atoms with Crippen LogP contribution < -0.4 is 25.6 Å². The number of piperazine rings is 1. The SMILES string of the molecule is CC1(C)C(NC(=O)c2ccc(N3CCN(CCOCC(=O)N[C@H](C(=O)N4C[C@H](O)C[C@H]4C(=O)NCc4ccc(C#N)cc4)C(C)(C)C)CC3)nc2)C(C)(C)C1Oc1ccc(C#N)c(Cl)c1. The van der Waals surface area contributed by atoms with Gasteiger partial charge in [0.15, 0.2) is 0 Å². The molecule has 3 atom stereocenters. The third-order valence-corrected chi connectivity index (χ3v) is 13.1. The van der Waals surface area contributed by atoms with Crippen molar-refractivity contribution in [2.75, 3.05) is 57.4 Å². The number of rotatable bonds is 15. The number of nitrogens with zero attached hydrogens (tertiary/aromatic N) is 6. The number of ether oxygens (including phenoxy) is 2. The van der Waals surface area contributed by atoms with Crippen molar-refractivity contribution in [3.63, 3.8) is 0 Å². The number of benzene rings is 2. The molecule has 3 heterocycles. The summed E-state index contributed by atoms with van der Waals surface area (Å²) in [4.78, 5) is 64.1. The van der Waals surface area contributed by atoms with Crippen molar-refractivity contribution in [2.24, 2.45) is 16.2 Å². The molecule has 2 aromatic carbocycles. The van der Waals surface area contributed by atoms with Crippen molar-refractivity contribution in [1.82, 2.24) is 30.7 Å². The predicted octanol–water partition coefficient (Wildman–Crippen LogP) is 4.04. The number of pyridine rings is 1. The molecule has 1 aliphatic carbocycles. The number of aliphatic hydroxyl groups excluding tert-OH is 1. The van der Waals surface area contributed by atoms with Gasteiger partial charge < -0.3 is 40.3 Å². The van der Waals surface area contributed by atoms with Crippen LogP contribution in [0.25, 0.3) is 0 Å². The van der Waals surface area contributed by atoms with Crippen LogP contribution in [0.15, 0.2) is 60.8 Å². The summed E-state index contributed by atoms with van der Waals surface area (Å²) in [6, 6.07) is 17.5. The fourth-order valence-electron chi connectivity index (χ4n) is 9.40. The van der Waals surface area contributed by atoms with E-state index in [0.29, 0.717) is 53.7 Å². The van der Waals surface area contributed by atoms with Crippen LogP contribution in [-0.4, -0.2) is 126 Å². The predicted molar refractivity (Wildman–Crippen MR) is 244 cm³/mol. The highest BCUT2D eigenvalue weighted by Crippen LogP contribution is 2.55. The van der Waals surface area contributed by atoms with Gasteiger partial charge in [0, 0.05) is 81.4 Å². The summed E-state index contributed by atoms with van der Waals surface area (Å²) in [7, 11) is 0. The molecule has 4 amide bonds. The Labute approximate surface area is 386 Å². The lowest BCUT2D eigenvalue weighted by Crippen LogP contribution is -2.74. The first-order valence-electron chi connectivity index (χ1n) is 22.0. The number of anilines is 1. The number of aromatic nitrogens is 1. The number of aliphatic hydroxyl groups is 1. The molecular formula is C48H60ClN9O7. The van der Waals surface area contributed by atoms with Crippen LogP contribution in [0, 0.1) is 38.9 Å². The second-order valence-electron chi connectivity index (χ2n) is 19.4. The van der Waals surface area contributed by atoms with Crippen LogP contribution in [-0.2, 0) is 25.7 Å². The highest BCUT2D eigenvalue weighted by molar-refractivity contribution is 6.31. The van der Waals surface area contributed by atoms with Gasteiger partial charge in [0.05, 0.1) is 40.5 Å². The Morgan fingerprint density at radius 2 is 1.66 bits per heavy atom. The number of β-amino-alcohol motifs (C(OH)–C–C–N with tert-alkyl or cyclic N) is 1. The molecule has 0 spiro atoms. The summed E-state index contributed by atoms with van der Waals surface area (Å²) in [5.74, 6) is -0.205. The van der Waals surface area contributed by atoms with E-state index in [1.165, 1.54) is 4.90 Å². The highest BCUT2D eigenvalue weighted by atomic mass is 35.5. The molecule has 16 nitrogen and oxygen atoms in total. The zero-order valence-corrected chi connectivity index (χ0v) is 38.9. The fraction of sp³-hybridized carbons (Fsp3) is 0.521. The number of amides is 4. The fourth-order valence-corrected chi connectivity index (χ4v) is 9.62. The highest BCUT2D eigenvalue weighted by Gasteiger charge is 2.64. The molecule has 4 N–H and O–H groups in total. The Bertz CT molecular complexity index is 2280. The van der Waals surface area contributed by atoms with E-state index in [4.69, 9.17) is 26.3 Å². The standard InChI is InChI=1S/C48H60ClN9O7/c1-46(2,3)40(43(63)58-28-34(59)22-37(58)42(62)53-26-31-10-8-30(24-50)9-11-31)54-39(60)29-64-21-20-56-16-18-57(19-17-56)38-15-13-33(27-52-38)41(61)55-44-47(4,5)45(48(44,6)7)65-35-14-12-32(25-51)36(49)23-35/h8-15,23,27,34,37,40,44-45,59H,16-22,26,28-29H2,1-7H3,(H,53,62)(H,54,60)(H,55,61)/t34-,37+,40-,44?,45?/m1/s1. The van der Waals surface area contributed by atoms with Crippen LogP contribution in [0.2, 0.25) is 5.02 Å². The average molecular weight is 911 g/mol. The van der Waals surface area contributed by atoms with E-state index in [1.807, 2.05) is 26.8 Å². The molecule has 17 heteroatoms. The first-order valence-corrected chi connectivity index (χ1v) is 22.3. The molecule has 1 aromatic heterocycles. The van der Waals surface area contributed by atoms with Crippen LogP contribution >= 0.6 is 11.6 Å². The van der Waals surface area contributed by atoms with E-state index in [2.05, 4.69) is 70.6 Å². The number of nitrogens with one attached hydrogen (secondary N) is 3. The third kappa shape index (κ3) is 11.4. The van der Waals surface area contributed by atoms with Crippen molar-refractivity contribution >= 4 is 41.0 Å². The van der Waals surface area contributed by atoms with Gasteiger partial charge in [-0.05, 0) is 47.4 Å². The smallest absolute Gasteiger partial charge is 0.253 e. The summed E-state index contributed by atoms with van der Waals surface area (Å²) >= 11 is 6.24. The van der Waals surface area contributed by atoms with Gasteiger partial charge in [-0.15, -0.1) is 0 Å². The molecule has 0 unspecified atom stereocenters. The Balaban J connectivity index is 0.917. The van der Waals surface area contributed by atoms with Gasteiger partial charge in [0.2, 0.25) is 17.7 Å². The van der Waals surface area contributed by atoms with Gasteiger partial charge in [0.1, 0.15) is 42.4 Å². The second-order valence-corrected chi connectivity index (χ2v) is 19.8. The van der Waals surface area contributed by atoms with Crippen LogP contribution in [0.4, 0.5) is 5.82 Å². The molecule has 2 aliphatic heterocycles. The van der Waals surface area contributed by atoms with Crippen LogP contribution in [0.3, 0.4) is 0 Å². The van der Waals surface area contributed by atoms with Gasteiger partial charge >= 0.3 is 0 Å². The summed E-state index contributed by atoms with van der Waals surface area (Å²) in [6.07, 6.45) is 0.567.